The lowest BCUT2D eigenvalue weighted by molar-refractivity contribution is -0.138. The highest BCUT2D eigenvalue weighted by atomic mass is 35.5. The van der Waals surface area contributed by atoms with Crippen LogP contribution in [-0.2, 0) is 4.79 Å². The first-order valence-electron chi connectivity index (χ1n) is 9.02. The molecule has 0 saturated carbocycles. The smallest absolute Gasteiger partial charge is 0.321 e. The number of primary amides is 1. The molecule has 31 heavy (non-hydrogen) atoms. The van der Waals surface area contributed by atoms with Crippen LogP contribution in [0.15, 0.2) is 54.6 Å². The number of carboxylic acids is 1. The number of amides is 1. The second-order valence-electron chi connectivity index (χ2n) is 6.37. The summed E-state index contributed by atoms with van der Waals surface area (Å²) in [6, 6.07) is 14.4. The number of phenols is 1. The molecule has 0 fully saturated rings. The summed E-state index contributed by atoms with van der Waals surface area (Å²) in [5.41, 5.74) is 12.3. The average Bonchev–Trinajstić information content (AvgIpc) is 2.75. The standard InChI is InChI=1S/C16H14N2O2.C7H6ClNO2/c17-10-12-9-8-11(4-3-7-15(18)16(19)20)13-5-1-2-6-14(12)13;8-5-3-4(7(9)11)1-2-6(5)10/h1-2,5-6,8-10,15,17H,7,18H2,(H,19,20);1-3,10H,(H2,9,11). The van der Waals surface area contributed by atoms with Crippen LogP contribution in [0.5, 0.6) is 5.75 Å². The van der Waals surface area contributed by atoms with Gasteiger partial charge in [0, 0.05) is 23.8 Å². The highest BCUT2D eigenvalue weighted by Gasteiger charge is 2.08. The van der Waals surface area contributed by atoms with E-state index in [0.717, 1.165) is 21.9 Å². The van der Waals surface area contributed by atoms with E-state index in [9.17, 15) is 9.59 Å². The Labute approximate surface area is 183 Å². The first-order chi connectivity index (χ1) is 14.7. The van der Waals surface area contributed by atoms with Crippen LogP contribution in [0.2, 0.25) is 5.02 Å². The van der Waals surface area contributed by atoms with Crippen molar-refractivity contribution in [3.63, 3.8) is 0 Å². The Balaban J connectivity index is 0.000000262. The fraction of sp³-hybridized carbons (Fsp3) is 0.0870. The number of aliphatic carboxylic acids is 1. The zero-order chi connectivity index (χ0) is 23.0. The van der Waals surface area contributed by atoms with Gasteiger partial charge in [0.2, 0.25) is 5.91 Å². The van der Waals surface area contributed by atoms with Gasteiger partial charge in [-0.3, -0.25) is 9.59 Å². The van der Waals surface area contributed by atoms with Crippen LogP contribution < -0.4 is 11.5 Å². The molecule has 0 spiro atoms. The van der Waals surface area contributed by atoms with Crippen LogP contribution in [0.25, 0.3) is 10.8 Å². The number of phenolic OH excluding ortho intramolecular Hbond substituents is 1. The van der Waals surface area contributed by atoms with Gasteiger partial charge in [0.25, 0.3) is 0 Å². The predicted octanol–water partition coefficient (Wildman–Crippen LogP) is 3.14. The molecule has 3 rings (SSSR count). The number of benzene rings is 3. The summed E-state index contributed by atoms with van der Waals surface area (Å²) in [6.45, 7) is 0. The highest BCUT2D eigenvalue weighted by molar-refractivity contribution is 6.32. The van der Waals surface area contributed by atoms with Gasteiger partial charge < -0.3 is 27.1 Å². The first kappa shape index (κ1) is 23.4. The lowest BCUT2D eigenvalue weighted by Crippen LogP contribution is -2.29. The number of carbonyl (C=O) groups is 2. The van der Waals surface area contributed by atoms with Crippen molar-refractivity contribution in [1.82, 2.24) is 0 Å². The van der Waals surface area contributed by atoms with Gasteiger partial charge in [0.1, 0.15) is 11.8 Å². The Morgan fingerprint density at radius 2 is 1.81 bits per heavy atom. The lowest BCUT2D eigenvalue weighted by Gasteiger charge is -2.04. The molecule has 0 aliphatic rings. The molecule has 0 radical (unpaired) electrons. The molecule has 7 N–H and O–H groups in total. The number of hydrogen-bond donors (Lipinski definition) is 5. The number of halogens is 1. The number of rotatable bonds is 4. The van der Waals surface area contributed by atoms with E-state index in [2.05, 4.69) is 11.8 Å². The second-order valence-corrected chi connectivity index (χ2v) is 6.78. The third-order valence-electron chi connectivity index (χ3n) is 4.21. The fourth-order valence-electron chi connectivity index (χ4n) is 2.56. The molecule has 3 aromatic carbocycles. The molecule has 8 heteroatoms. The van der Waals surface area contributed by atoms with Gasteiger partial charge >= 0.3 is 5.97 Å². The molecule has 1 atom stereocenters. The third-order valence-corrected chi connectivity index (χ3v) is 4.51. The molecular formula is C23H20ClN3O4. The maximum Gasteiger partial charge on any atom is 0.321 e. The summed E-state index contributed by atoms with van der Waals surface area (Å²) in [5.74, 6) is 4.08. The normalized spacial score (nSPS) is 10.8. The van der Waals surface area contributed by atoms with E-state index in [-0.39, 0.29) is 22.8 Å². The lowest BCUT2D eigenvalue weighted by atomic mass is 10.00. The van der Waals surface area contributed by atoms with Gasteiger partial charge in [-0.25, -0.2) is 0 Å². The topological polar surface area (TPSA) is 150 Å². The number of hydrogen-bond acceptors (Lipinski definition) is 5. The van der Waals surface area contributed by atoms with Crippen LogP contribution in [0.4, 0.5) is 0 Å². The number of carboxylic acid groups (broad SMARTS) is 1. The number of nitrogens with one attached hydrogen (secondary N) is 1. The molecule has 3 aromatic rings. The van der Waals surface area contributed by atoms with Gasteiger partial charge in [-0.2, -0.15) is 0 Å². The van der Waals surface area contributed by atoms with Crippen molar-refractivity contribution in [2.24, 2.45) is 11.5 Å². The molecule has 158 valence electrons. The van der Waals surface area contributed by atoms with Gasteiger partial charge in [-0.05, 0) is 40.6 Å². The Morgan fingerprint density at radius 1 is 1.13 bits per heavy atom. The number of carbonyl (C=O) groups excluding carboxylic acids is 1. The van der Waals surface area contributed by atoms with Gasteiger partial charge in [0.05, 0.1) is 5.02 Å². The van der Waals surface area contributed by atoms with Gasteiger partial charge in [0.15, 0.2) is 0 Å². The minimum absolute atomic E-state index is 0.0586. The van der Waals surface area contributed by atoms with Crippen molar-refractivity contribution in [2.75, 3.05) is 0 Å². The fourth-order valence-corrected chi connectivity index (χ4v) is 2.74. The maximum atomic E-state index is 10.6. The van der Waals surface area contributed by atoms with Crippen molar-refractivity contribution in [1.29, 1.82) is 5.41 Å². The molecular weight excluding hydrogens is 418 g/mol. The van der Waals surface area contributed by atoms with Crippen LogP contribution in [0, 0.1) is 17.3 Å². The summed E-state index contributed by atoms with van der Waals surface area (Å²) in [4.78, 5) is 21.2. The predicted molar refractivity (Wildman–Crippen MR) is 121 cm³/mol. The summed E-state index contributed by atoms with van der Waals surface area (Å²) in [5, 5.41) is 27.1. The summed E-state index contributed by atoms with van der Waals surface area (Å²) in [7, 11) is 0. The summed E-state index contributed by atoms with van der Waals surface area (Å²) in [6.07, 6.45) is 1.41. The summed E-state index contributed by atoms with van der Waals surface area (Å²) < 4.78 is 0. The Kier molecular flexibility index (Phi) is 8.15. The molecule has 0 aliphatic carbocycles. The average molecular weight is 438 g/mol. The van der Waals surface area contributed by atoms with Gasteiger partial charge in [-0.15, -0.1) is 0 Å². The van der Waals surface area contributed by atoms with Crippen LogP contribution >= 0.6 is 11.6 Å². The number of nitrogens with two attached hydrogens (primary N) is 2. The van der Waals surface area contributed by atoms with E-state index in [0.29, 0.717) is 0 Å². The van der Waals surface area contributed by atoms with Crippen molar-refractivity contribution >= 4 is 40.5 Å². The molecule has 7 nitrogen and oxygen atoms in total. The third kappa shape index (κ3) is 6.31. The zero-order valence-electron chi connectivity index (χ0n) is 16.3. The molecule has 0 bridgehead atoms. The first-order valence-corrected chi connectivity index (χ1v) is 9.40. The van der Waals surface area contributed by atoms with Crippen LogP contribution in [0.1, 0.15) is 27.9 Å². The molecule has 0 aliphatic heterocycles. The minimum atomic E-state index is -1.05. The monoisotopic (exact) mass is 437 g/mol. The quantitative estimate of drug-likeness (QED) is 0.314. The van der Waals surface area contributed by atoms with Gasteiger partial charge in [-0.1, -0.05) is 53.8 Å². The highest BCUT2D eigenvalue weighted by Crippen LogP contribution is 2.23. The van der Waals surface area contributed by atoms with Crippen molar-refractivity contribution in [3.05, 3.63) is 76.3 Å². The van der Waals surface area contributed by atoms with E-state index in [4.69, 9.17) is 38.7 Å². The minimum Gasteiger partial charge on any atom is -0.506 e. The maximum absolute atomic E-state index is 10.6. The Bertz CT molecular complexity index is 1200. The van der Waals surface area contributed by atoms with Crippen molar-refractivity contribution in [3.8, 4) is 17.6 Å². The zero-order valence-corrected chi connectivity index (χ0v) is 17.1. The SMILES string of the molecule is N=Cc1ccc(C#CCC(N)C(=O)O)c2ccccc12.NC(=O)c1ccc(O)c(Cl)c1. The van der Waals surface area contributed by atoms with Crippen LogP contribution in [-0.4, -0.2) is 34.3 Å². The largest absolute Gasteiger partial charge is 0.506 e. The molecule has 0 saturated heterocycles. The van der Waals surface area contributed by atoms with E-state index in [1.54, 1.807) is 0 Å². The Hall–Kier alpha value is -3.86. The van der Waals surface area contributed by atoms with Crippen molar-refractivity contribution in [2.45, 2.75) is 12.5 Å². The van der Waals surface area contributed by atoms with Crippen LogP contribution in [0.3, 0.4) is 0 Å². The molecule has 0 aromatic heterocycles. The van der Waals surface area contributed by atoms with E-state index >= 15 is 0 Å². The van der Waals surface area contributed by atoms with E-state index in [1.807, 2.05) is 36.4 Å². The molecule has 1 amide bonds. The molecule has 0 heterocycles. The number of fused-ring (bicyclic) bond motifs is 1. The van der Waals surface area contributed by atoms with E-state index in [1.165, 1.54) is 24.4 Å². The second kappa shape index (κ2) is 10.8. The van der Waals surface area contributed by atoms with Crippen molar-refractivity contribution < 1.29 is 19.8 Å². The number of aromatic hydroxyl groups is 1. The Morgan fingerprint density at radius 3 is 2.39 bits per heavy atom. The summed E-state index contributed by atoms with van der Waals surface area (Å²) >= 11 is 5.50. The molecule has 1 unspecified atom stereocenters. The van der Waals surface area contributed by atoms with E-state index < -0.39 is 17.9 Å².